The molecule has 1 aliphatic heterocycles. The fraction of sp³-hybridized carbons (Fsp3) is 0.345. The summed E-state index contributed by atoms with van der Waals surface area (Å²) >= 11 is 0. The molecule has 4 aromatic rings. The van der Waals surface area contributed by atoms with Crippen molar-refractivity contribution in [2.45, 2.75) is 38.2 Å². The molecule has 1 aliphatic carbocycles. The predicted octanol–water partition coefficient (Wildman–Crippen LogP) is 4.74. The molecule has 0 spiro atoms. The number of rotatable bonds is 6. The van der Waals surface area contributed by atoms with Gasteiger partial charge in [-0.1, -0.05) is 23.4 Å². The monoisotopic (exact) mass is 497 g/mol. The fourth-order valence-electron chi connectivity index (χ4n) is 5.19. The Kier molecular flexibility index (Phi) is 6.62. The van der Waals surface area contributed by atoms with Crippen LogP contribution in [0.3, 0.4) is 0 Å². The number of anilines is 2. The van der Waals surface area contributed by atoms with E-state index in [4.69, 9.17) is 9.57 Å². The van der Waals surface area contributed by atoms with Crippen LogP contribution in [0.5, 0.6) is 5.75 Å². The van der Waals surface area contributed by atoms with Crippen molar-refractivity contribution in [3.63, 3.8) is 0 Å². The lowest BCUT2D eigenvalue weighted by Crippen LogP contribution is -2.46. The van der Waals surface area contributed by atoms with Gasteiger partial charge in [-0.3, -0.25) is 0 Å². The van der Waals surface area contributed by atoms with E-state index >= 15 is 0 Å². The first-order valence-electron chi connectivity index (χ1n) is 13.1. The number of nitrogens with zero attached hydrogens (tertiary/aromatic N) is 5. The molecule has 2 aliphatic rings. The highest BCUT2D eigenvalue weighted by Crippen LogP contribution is 2.27. The Labute approximate surface area is 216 Å². The maximum absolute atomic E-state index is 12.6. The van der Waals surface area contributed by atoms with Gasteiger partial charge < -0.3 is 19.4 Å². The van der Waals surface area contributed by atoms with Gasteiger partial charge in [0.25, 0.3) is 0 Å². The Bertz CT molecular complexity index is 1340. The lowest BCUT2D eigenvalue weighted by molar-refractivity contribution is 0.0409. The molecule has 0 amide bonds. The van der Waals surface area contributed by atoms with E-state index < -0.39 is 5.97 Å². The molecule has 0 bridgehead atoms. The SMILES string of the molecule is O=C(On1nnc2ccccc21)c1ccc(N2CCN(c3ccc(OC4CCCCC4)cc3)CC2)cc1. The third kappa shape index (κ3) is 5.23. The molecule has 2 fully saturated rings. The maximum Gasteiger partial charge on any atom is 0.365 e. The number of hydrogen-bond donors (Lipinski definition) is 0. The largest absolute Gasteiger partial charge is 0.490 e. The van der Waals surface area contributed by atoms with Crippen molar-refractivity contribution < 1.29 is 14.4 Å². The summed E-state index contributed by atoms with van der Waals surface area (Å²) in [4.78, 5) is 24.0. The van der Waals surface area contributed by atoms with Gasteiger partial charge >= 0.3 is 5.97 Å². The average Bonchev–Trinajstić information content (AvgIpc) is 3.37. The van der Waals surface area contributed by atoms with Crippen molar-refractivity contribution >= 4 is 28.4 Å². The number of carbonyl (C=O) groups excluding carboxylic acids is 1. The third-order valence-electron chi connectivity index (χ3n) is 7.30. The summed E-state index contributed by atoms with van der Waals surface area (Å²) in [7, 11) is 0. The number of ether oxygens (including phenoxy) is 1. The second kappa shape index (κ2) is 10.5. The molecule has 0 atom stereocenters. The summed E-state index contributed by atoms with van der Waals surface area (Å²) in [6.45, 7) is 3.70. The third-order valence-corrected chi connectivity index (χ3v) is 7.30. The number of benzene rings is 3. The molecule has 1 saturated carbocycles. The summed E-state index contributed by atoms with van der Waals surface area (Å²) in [5.74, 6) is 0.507. The lowest BCUT2D eigenvalue weighted by Gasteiger charge is -2.37. The van der Waals surface area contributed by atoms with Crippen LogP contribution in [0.4, 0.5) is 11.4 Å². The average molecular weight is 498 g/mol. The molecule has 0 radical (unpaired) electrons. The van der Waals surface area contributed by atoms with E-state index in [1.54, 1.807) is 12.1 Å². The molecule has 1 saturated heterocycles. The molecule has 0 N–H and O–H groups in total. The van der Waals surface area contributed by atoms with E-state index in [-0.39, 0.29) is 0 Å². The molecule has 3 aromatic carbocycles. The van der Waals surface area contributed by atoms with Crippen molar-refractivity contribution in [3.05, 3.63) is 78.4 Å². The molecule has 8 heteroatoms. The van der Waals surface area contributed by atoms with Crippen LogP contribution in [0.25, 0.3) is 11.0 Å². The van der Waals surface area contributed by atoms with E-state index in [9.17, 15) is 4.79 Å². The normalized spacial score (nSPS) is 16.6. The predicted molar refractivity (Wildman–Crippen MR) is 143 cm³/mol. The number of carbonyl (C=O) groups is 1. The summed E-state index contributed by atoms with van der Waals surface area (Å²) < 4.78 is 6.18. The van der Waals surface area contributed by atoms with Crippen LogP contribution < -0.4 is 19.4 Å². The summed E-state index contributed by atoms with van der Waals surface area (Å²) in [6.07, 6.45) is 6.61. The van der Waals surface area contributed by atoms with Gasteiger partial charge in [0.15, 0.2) is 0 Å². The quantitative estimate of drug-likeness (QED) is 0.356. The highest BCUT2D eigenvalue weighted by atomic mass is 16.7. The molecule has 6 rings (SSSR count). The Morgan fingerprint density at radius 1 is 0.757 bits per heavy atom. The van der Waals surface area contributed by atoms with E-state index in [1.165, 1.54) is 42.6 Å². The van der Waals surface area contributed by atoms with E-state index in [0.29, 0.717) is 22.7 Å². The smallest absolute Gasteiger partial charge is 0.365 e. The highest BCUT2D eigenvalue weighted by Gasteiger charge is 2.20. The van der Waals surface area contributed by atoms with E-state index in [1.807, 2.05) is 36.4 Å². The van der Waals surface area contributed by atoms with Gasteiger partial charge in [-0.15, -0.1) is 5.10 Å². The number of aromatic nitrogens is 3. The zero-order valence-corrected chi connectivity index (χ0v) is 20.8. The number of para-hydroxylation sites is 1. The second-order valence-electron chi connectivity index (χ2n) is 9.72. The summed E-state index contributed by atoms with van der Waals surface area (Å²) in [6, 6.07) is 23.5. The maximum atomic E-state index is 12.6. The molecule has 8 nitrogen and oxygen atoms in total. The molecule has 190 valence electrons. The van der Waals surface area contributed by atoms with E-state index in [2.05, 4.69) is 44.4 Å². The standard InChI is InChI=1S/C29H31N5O3/c35-29(37-34-28-9-5-4-8-27(28)30-31-34)22-10-12-23(13-11-22)32-18-20-33(21-19-32)24-14-16-26(17-15-24)36-25-6-2-1-3-7-25/h4-5,8-17,25H,1-3,6-7,18-21H2. The van der Waals surface area contributed by atoms with Gasteiger partial charge in [0, 0.05) is 37.6 Å². The van der Waals surface area contributed by atoms with Gasteiger partial charge in [0.2, 0.25) is 0 Å². The number of hydrogen-bond acceptors (Lipinski definition) is 7. The number of fused-ring (bicyclic) bond motifs is 1. The summed E-state index contributed by atoms with van der Waals surface area (Å²) in [5.41, 5.74) is 4.12. The Balaban J connectivity index is 1.02. The van der Waals surface area contributed by atoms with Gasteiger partial charge in [-0.2, -0.15) is 0 Å². The Morgan fingerprint density at radius 3 is 2.05 bits per heavy atom. The fourth-order valence-corrected chi connectivity index (χ4v) is 5.19. The minimum Gasteiger partial charge on any atom is -0.490 e. The highest BCUT2D eigenvalue weighted by molar-refractivity contribution is 5.90. The van der Waals surface area contributed by atoms with Crippen LogP contribution in [-0.2, 0) is 0 Å². The van der Waals surface area contributed by atoms with Crippen molar-refractivity contribution in [1.29, 1.82) is 0 Å². The minimum absolute atomic E-state index is 0.374. The molecule has 2 heterocycles. The van der Waals surface area contributed by atoms with Crippen molar-refractivity contribution in [1.82, 2.24) is 15.2 Å². The van der Waals surface area contributed by atoms with Crippen molar-refractivity contribution in [2.75, 3.05) is 36.0 Å². The van der Waals surface area contributed by atoms with Crippen LogP contribution in [0, 0.1) is 0 Å². The van der Waals surface area contributed by atoms with Crippen LogP contribution in [0.15, 0.2) is 72.8 Å². The van der Waals surface area contributed by atoms with Crippen LogP contribution in [0.2, 0.25) is 0 Å². The van der Waals surface area contributed by atoms with E-state index in [0.717, 1.165) is 37.6 Å². The van der Waals surface area contributed by atoms with Gasteiger partial charge in [-0.25, -0.2) is 4.79 Å². The van der Waals surface area contributed by atoms with Crippen molar-refractivity contribution in [2.24, 2.45) is 0 Å². The molecular weight excluding hydrogens is 466 g/mol. The molecule has 37 heavy (non-hydrogen) atoms. The molecular formula is C29H31N5O3. The van der Waals surface area contributed by atoms with Gasteiger partial charge in [-0.05, 0) is 91.6 Å². The van der Waals surface area contributed by atoms with Gasteiger partial charge in [0.1, 0.15) is 16.8 Å². The van der Waals surface area contributed by atoms with Crippen LogP contribution >= 0.6 is 0 Å². The summed E-state index contributed by atoms with van der Waals surface area (Å²) in [5, 5.41) is 7.93. The molecule has 0 unspecified atom stereocenters. The first kappa shape index (κ1) is 23.3. The Hall–Kier alpha value is -4.07. The topological polar surface area (TPSA) is 72.7 Å². The second-order valence-corrected chi connectivity index (χ2v) is 9.72. The first-order valence-corrected chi connectivity index (χ1v) is 13.1. The zero-order valence-electron chi connectivity index (χ0n) is 20.8. The van der Waals surface area contributed by atoms with Crippen LogP contribution in [-0.4, -0.2) is 53.4 Å². The van der Waals surface area contributed by atoms with Gasteiger partial charge in [0.05, 0.1) is 11.7 Å². The van der Waals surface area contributed by atoms with Crippen LogP contribution in [0.1, 0.15) is 42.5 Å². The first-order chi connectivity index (χ1) is 18.2. The lowest BCUT2D eigenvalue weighted by atomic mass is 9.98. The Morgan fingerprint density at radius 2 is 1.38 bits per heavy atom. The zero-order chi connectivity index (χ0) is 25.0. The molecule has 1 aromatic heterocycles. The van der Waals surface area contributed by atoms with Crippen molar-refractivity contribution in [3.8, 4) is 5.75 Å². The number of piperazine rings is 1. The minimum atomic E-state index is -0.470.